The fraction of sp³-hybridized carbons (Fsp3) is 0.176. The Bertz CT molecular complexity index is 683. The van der Waals surface area contributed by atoms with Crippen LogP contribution in [-0.2, 0) is 4.79 Å². The Morgan fingerprint density at radius 3 is 2.82 bits per heavy atom. The minimum Gasteiger partial charge on any atom is -0.484 e. The lowest BCUT2D eigenvalue weighted by Gasteiger charge is -2.09. The van der Waals surface area contributed by atoms with Crippen LogP contribution in [0.15, 0.2) is 59.6 Å². The third-order valence-corrected chi connectivity index (χ3v) is 3.21. The molecule has 2 aromatic rings. The molecule has 3 rings (SSSR count). The highest BCUT2D eigenvalue weighted by atomic mass is 16.5. The molecule has 0 atom stereocenters. The van der Waals surface area contributed by atoms with Crippen LogP contribution in [0, 0.1) is 0 Å². The Hall–Kier alpha value is -2.82. The second-order valence-corrected chi connectivity index (χ2v) is 4.89. The average Bonchev–Trinajstić information content (AvgIpc) is 3.09. The summed E-state index contributed by atoms with van der Waals surface area (Å²) in [6.45, 7) is 1.63. The van der Waals surface area contributed by atoms with Crippen LogP contribution in [0.3, 0.4) is 0 Å². The molecule has 0 fully saturated rings. The predicted octanol–water partition coefficient (Wildman–Crippen LogP) is 2.05. The number of para-hydroxylation sites is 1. The first-order valence-electron chi connectivity index (χ1n) is 7.18. The molecule has 112 valence electrons. The number of rotatable bonds is 5. The minimum absolute atomic E-state index is 0.0204. The number of amidine groups is 1. The van der Waals surface area contributed by atoms with Gasteiger partial charge in [-0.1, -0.05) is 30.3 Å². The number of nitrogens with zero attached hydrogens (tertiary/aromatic N) is 1. The first-order valence-corrected chi connectivity index (χ1v) is 7.18. The molecule has 0 spiro atoms. The number of aliphatic imine (C=N–C) groups is 1. The Morgan fingerprint density at radius 1 is 1.18 bits per heavy atom. The fourth-order valence-electron chi connectivity index (χ4n) is 2.20. The number of carbonyl (C=O) groups is 1. The van der Waals surface area contributed by atoms with E-state index in [1.165, 1.54) is 0 Å². The molecular weight excluding hydrogens is 278 g/mol. The van der Waals surface area contributed by atoms with Crippen LogP contribution in [0.5, 0.6) is 5.75 Å². The fourth-order valence-corrected chi connectivity index (χ4v) is 2.20. The molecule has 5 nitrogen and oxygen atoms in total. The summed E-state index contributed by atoms with van der Waals surface area (Å²) < 4.78 is 5.42. The van der Waals surface area contributed by atoms with E-state index in [0.717, 1.165) is 30.2 Å². The lowest BCUT2D eigenvalue weighted by atomic mass is 10.2. The maximum absolute atomic E-state index is 11.9. The molecule has 1 heterocycles. The van der Waals surface area contributed by atoms with Gasteiger partial charge in [0.2, 0.25) is 0 Å². The molecule has 0 unspecified atom stereocenters. The van der Waals surface area contributed by atoms with Gasteiger partial charge in [0.1, 0.15) is 11.6 Å². The third-order valence-electron chi connectivity index (χ3n) is 3.21. The number of benzene rings is 2. The number of nitrogens with one attached hydrogen (secondary N) is 2. The normalized spacial score (nSPS) is 13.2. The maximum atomic E-state index is 11.9. The smallest absolute Gasteiger partial charge is 0.262 e. The quantitative estimate of drug-likeness (QED) is 0.887. The van der Waals surface area contributed by atoms with E-state index in [2.05, 4.69) is 15.6 Å². The first-order chi connectivity index (χ1) is 10.8. The van der Waals surface area contributed by atoms with Crippen LogP contribution in [0.25, 0.3) is 0 Å². The summed E-state index contributed by atoms with van der Waals surface area (Å²) >= 11 is 0. The topological polar surface area (TPSA) is 62.7 Å². The second-order valence-electron chi connectivity index (χ2n) is 4.89. The van der Waals surface area contributed by atoms with Gasteiger partial charge in [-0.25, -0.2) is 0 Å². The van der Waals surface area contributed by atoms with Gasteiger partial charge in [0.15, 0.2) is 6.61 Å². The van der Waals surface area contributed by atoms with Crippen molar-refractivity contribution < 1.29 is 9.53 Å². The Morgan fingerprint density at radius 2 is 2.05 bits per heavy atom. The summed E-state index contributed by atoms with van der Waals surface area (Å²) in [6, 6.07) is 16.9. The molecule has 0 aromatic heterocycles. The van der Waals surface area contributed by atoms with Crippen molar-refractivity contribution in [2.24, 2.45) is 4.99 Å². The molecule has 0 aliphatic carbocycles. The summed E-state index contributed by atoms with van der Waals surface area (Å²) in [5.41, 5.74) is 1.70. The second kappa shape index (κ2) is 6.76. The molecular formula is C17H17N3O2. The van der Waals surface area contributed by atoms with Crippen molar-refractivity contribution in [2.75, 3.05) is 25.0 Å². The zero-order valence-electron chi connectivity index (χ0n) is 12.1. The molecule has 0 radical (unpaired) electrons. The first kappa shape index (κ1) is 14.1. The summed E-state index contributed by atoms with van der Waals surface area (Å²) in [4.78, 5) is 16.3. The molecule has 1 aliphatic rings. The van der Waals surface area contributed by atoms with Gasteiger partial charge in [-0.15, -0.1) is 0 Å². The number of hydrogen-bond donors (Lipinski definition) is 2. The summed E-state index contributed by atoms with van der Waals surface area (Å²) in [7, 11) is 0. The highest BCUT2D eigenvalue weighted by Gasteiger charge is 2.09. The molecule has 2 N–H and O–H groups in total. The molecule has 1 aliphatic heterocycles. The molecule has 0 saturated carbocycles. The van der Waals surface area contributed by atoms with Crippen molar-refractivity contribution >= 4 is 17.4 Å². The third kappa shape index (κ3) is 3.63. The van der Waals surface area contributed by atoms with Crippen LogP contribution in [0.4, 0.5) is 5.69 Å². The van der Waals surface area contributed by atoms with Crippen LogP contribution >= 0.6 is 0 Å². The summed E-state index contributed by atoms with van der Waals surface area (Å²) in [5.74, 6) is 1.36. The van der Waals surface area contributed by atoms with E-state index in [9.17, 15) is 4.79 Å². The standard InChI is InChI=1S/C17H17N3O2/c21-16(12-22-15-7-2-1-3-8-15)20-14-6-4-5-13(11-14)17-18-9-10-19-17/h1-8,11H,9-10,12H2,(H,18,19)(H,20,21). The van der Waals surface area contributed by atoms with E-state index in [4.69, 9.17) is 4.74 Å². The minimum atomic E-state index is -0.192. The SMILES string of the molecule is O=C(COc1ccccc1)Nc1cccc(C2=NCCN2)c1. The number of ether oxygens (including phenoxy) is 1. The largest absolute Gasteiger partial charge is 0.484 e. The van der Waals surface area contributed by atoms with E-state index in [-0.39, 0.29) is 12.5 Å². The van der Waals surface area contributed by atoms with Crippen LogP contribution in [0.1, 0.15) is 5.56 Å². The van der Waals surface area contributed by atoms with Gasteiger partial charge in [0, 0.05) is 17.8 Å². The highest BCUT2D eigenvalue weighted by Crippen LogP contribution is 2.13. The van der Waals surface area contributed by atoms with Crippen molar-refractivity contribution in [3.63, 3.8) is 0 Å². The van der Waals surface area contributed by atoms with E-state index in [1.807, 2.05) is 54.6 Å². The van der Waals surface area contributed by atoms with E-state index < -0.39 is 0 Å². The van der Waals surface area contributed by atoms with Gasteiger partial charge in [0.25, 0.3) is 5.91 Å². The lowest BCUT2D eigenvalue weighted by Crippen LogP contribution is -2.21. The van der Waals surface area contributed by atoms with E-state index >= 15 is 0 Å². The van der Waals surface area contributed by atoms with Gasteiger partial charge in [-0.2, -0.15) is 0 Å². The van der Waals surface area contributed by atoms with Crippen molar-refractivity contribution in [1.82, 2.24) is 5.32 Å². The monoisotopic (exact) mass is 295 g/mol. The van der Waals surface area contributed by atoms with Crippen LogP contribution < -0.4 is 15.4 Å². The van der Waals surface area contributed by atoms with Crippen molar-refractivity contribution in [1.29, 1.82) is 0 Å². The molecule has 0 bridgehead atoms. The average molecular weight is 295 g/mol. The van der Waals surface area contributed by atoms with Crippen LogP contribution in [0.2, 0.25) is 0 Å². The molecule has 2 aromatic carbocycles. The maximum Gasteiger partial charge on any atom is 0.262 e. The number of carbonyl (C=O) groups excluding carboxylic acids is 1. The molecule has 22 heavy (non-hydrogen) atoms. The zero-order valence-corrected chi connectivity index (χ0v) is 12.1. The Balaban J connectivity index is 1.58. The zero-order chi connectivity index (χ0) is 15.2. The van der Waals surface area contributed by atoms with Crippen molar-refractivity contribution in [3.05, 3.63) is 60.2 Å². The van der Waals surface area contributed by atoms with Gasteiger partial charge in [-0.3, -0.25) is 9.79 Å². The van der Waals surface area contributed by atoms with E-state index in [1.54, 1.807) is 0 Å². The predicted molar refractivity (Wildman–Crippen MR) is 86.4 cm³/mol. The van der Waals surface area contributed by atoms with Gasteiger partial charge in [-0.05, 0) is 24.3 Å². The van der Waals surface area contributed by atoms with Crippen molar-refractivity contribution in [3.8, 4) is 5.75 Å². The number of anilines is 1. The molecule has 0 saturated heterocycles. The summed E-state index contributed by atoms with van der Waals surface area (Å²) in [5, 5.41) is 6.04. The molecule has 1 amide bonds. The van der Waals surface area contributed by atoms with Gasteiger partial charge >= 0.3 is 0 Å². The Labute approximate surface area is 129 Å². The number of hydrogen-bond acceptors (Lipinski definition) is 4. The van der Waals surface area contributed by atoms with Crippen molar-refractivity contribution in [2.45, 2.75) is 0 Å². The molecule has 5 heteroatoms. The summed E-state index contributed by atoms with van der Waals surface area (Å²) in [6.07, 6.45) is 0. The van der Waals surface area contributed by atoms with E-state index in [0.29, 0.717) is 5.75 Å². The van der Waals surface area contributed by atoms with Crippen LogP contribution in [-0.4, -0.2) is 31.4 Å². The lowest BCUT2D eigenvalue weighted by molar-refractivity contribution is -0.118. The number of amides is 1. The Kier molecular flexibility index (Phi) is 4.34. The van der Waals surface area contributed by atoms with Gasteiger partial charge < -0.3 is 15.4 Å². The van der Waals surface area contributed by atoms with Gasteiger partial charge in [0.05, 0.1) is 6.54 Å². The highest BCUT2D eigenvalue weighted by molar-refractivity contribution is 6.01.